The topological polar surface area (TPSA) is 37.0 Å². The van der Waals surface area contributed by atoms with Crippen LogP contribution in [0.15, 0.2) is 30.5 Å². The molecule has 1 fully saturated rings. The summed E-state index contributed by atoms with van der Waals surface area (Å²) in [5.41, 5.74) is 1.11. The largest absolute Gasteiger partial charge is 0.487 e. The van der Waals surface area contributed by atoms with E-state index >= 15 is 0 Å². The predicted molar refractivity (Wildman–Crippen MR) is 69.4 cm³/mol. The molecule has 1 aliphatic rings. The van der Waals surface area contributed by atoms with Crippen molar-refractivity contribution in [2.75, 3.05) is 13.1 Å². The standard InChI is InChI=1S/C14H18N2O/c1-14(6-9-15-10-7-14)17-13-4-2-3-12-11(13)5-8-16-12/h2-5,8,15-16H,6-7,9-10H2,1H3. The summed E-state index contributed by atoms with van der Waals surface area (Å²) in [6.45, 7) is 4.29. The zero-order valence-corrected chi connectivity index (χ0v) is 10.1. The van der Waals surface area contributed by atoms with Gasteiger partial charge in [0.15, 0.2) is 0 Å². The quantitative estimate of drug-likeness (QED) is 0.832. The molecule has 3 rings (SSSR count). The van der Waals surface area contributed by atoms with Gasteiger partial charge in [-0.25, -0.2) is 0 Å². The van der Waals surface area contributed by atoms with Gasteiger partial charge in [0.1, 0.15) is 11.4 Å². The molecule has 1 aromatic heterocycles. The Morgan fingerprint density at radius 2 is 2.00 bits per heavy atom. The van der Waals surface area contributed by atoms with Crippen LogP contribution >= 0.6 is 0 Å². The molecule has 0 saturated carbocycles. The van der Waals surface area contributed by atoms with E-state index < -0.39 is 0 Å². The van der Waals surface area contributed by atoms with Crippen molar-refractivity contribution < 1.29 is 4.74 Å². The van der Waals surface area contributed by atoms with Gasteiger partial charge in [-0.1, -0.05) is 6.07 Å². The fraction of sp³-hybridized carbons (Fsp3) is 0.429. The summed E-state index contributed by atoms with van der Waals surface area (Å²) in [4.78, 5) is 3.22. The molecule has 0 radical (unpaired) electrons. The number of rotatable bonds is 2. The molecule has 2 N–H and O–H groups in total. The Bertz CT molecular complexity index is 512. The first-order valence-corrected chi connectivity index (χ1v) is 6.23. The fourth-order valence-electron chi connectivity index (χ4n) is 2.47. The Morgan fingerprint density at radius 3 is 2.82 bits per heavy atom. The molecule has 1 aromatic carbocycles. The Balaban J connectivity index is 1.91. The average molecular weight is 230 g/mol. The Hall–Kier alpha value is -1.48. The van der Waals surface area contributed by atoms with Crippen LogP contribution in [0.5, 0.6) is 5.75 Å². The minimum atomic E-state index is -0.0309. The molecule has 17 heavy (non-hydrogen) atoms. The molecule has 3 nitrogen and oxygen atoms in total. The number of piperidine rings is 1. The van der Waals surface area contributed by atoms with Crippen LogP contribution in [0.25, 0.3) is 10.9 Å². The van der Waals surface area contributed by atoms with Crippen LogP contribution in [0.3, 0.4) is 0 Å². The highest BCUT2D eigenvalue weighted by Crippen LogP contribution is 2.31. The second-order valence-corrected chi connectivity index (χ2v) is 5.00. The third-order valence-electron chi connectivity index (χ3n) is 3.57. The first kappa shape index (κ1) is 10.7. The highest BCUT2D eigenvalue weighted by atomic mass is 16.5. The van der Waals surface area contributed by atoms with E-state index in [1.54, 1.807) is 0 Å². The van der Waals surface area contributed by atoms with Gasteiger partial charge in [-0.05, 0) is 51.1 Å². The molecular weight excluding hydrogens is 212 g/mol. The van der Waals surface area contributed by atoms with Crippen LogP contribution in [0.1, 0.15) is 19.8 Å². The van der Waals surface area contributed by atoms with E-state index in [1.807, 2.05) is 12.3 Å². The van der Waals surface area contributed by atoms with Crippen LogP contribution in [0.2, 0.25) is 0 Å². The third kappa shape index (κ3) is 2.03. The lowest BCUT2D eigenvalue weighted by Crippen LogP contribution is -2.43. The predicted octanol–water partition coefficient (Wildman–Crippen LogP) is 2.69. The maximum absolute atomic E-state index is 6.25. The van der Waals surface area contributed by atoms with E-state index in [0.29, 0.717) is 0 Å². The second-order valence-electron chi connectivity index (χ2n) is 5.00. The lowest BCUT2D eigenvalue weighted by molar-refractivity contribution is 0.0572. The van der Waals surface area contributed by atoms with Gasteiger partial charge in [0.2, 0.25) is 0 Å². The minimum absolute atomic E-state index is 0.0309. The summed E-state index contributed by atoms with van der Waals surface area (Å²) in [7, 11) is 0. The Labute approximate surface area is 101 Å². The van der Waals surface area contributed by atoms with Crippen molar-refractivity contribution in [2.45, 2.75) is 25.4 Å². The van der Waals surface area contributed by atoms with E-state index in [2.05, 4.69) is 35.4 Å². The first-order chi connectivity index (χ1) is 8.27. The highest BCUT2D eigenvalue weighted by Gasteiger charge is 2.29. The number of hydrogen-bond donors (Lipinski definition) is 2. The maximum atomic E-state index is 6.25. The van der Waals surface area contributed by atoms with Crippen molar-refractivity contribution >= 4 is 10.9 Å². The van der Waals surface area contributed by atoms with Crippen LogP contribution < -0.4 is 10.1 Å². The van der Waals surface area contributed by atoms with Crippen molar-refractivity contribution in [3.05, 3.63) is 30.5 Å². The number of aromatic amines is 1. The van der Waals surface area contributed by atoms with Gasteiger partial charge in [0.25, 0.3) is 0 Å². The van der Waals surface area contributed by atoms with Gasteiger partial charge < -0.3 is 15.0 Å². The zero-order valence-electron chi connectivity index (χ0n) is 10.1. The van der Waals surface area contributed by atoms with Crippen LogP contribution in [0, 0.1) is 0 Å². The monoisotopic (exact) mass is 230 g/mol. The van der Waals surface area contributed by atoms with E-state index in [9.17, 15) is 0 Å². The second kappa shape index (κ2) is 4.08. The van der Waals surface area contributed by atoms with Crippen molar-refractivity contribution in [3.63, 3.8) is 0 Å². The van der Waals surface area contributed by atoms with E-state index in [4.69, 9.17) is 4.74 Å². The van der Waals surface area contributed by atoms with Gasteiger partial charge in [-0.3, -0.25) is 0 Å². The Kier molecular flexibility index (Phi) is 2.56. The molecule has 2 heterocycles. The van der Waals surface area contributed by atoms with Crippen molar-refractivity contribution in [1.29, 1.82) is 0 Å². The summed E-state index contributed by atoms with van der Waals surface area (Å²) in [5, 5.41) is 4.55. The SMILES string of the molecule is CC1(Oc2cccc3[nH]ccc23)CCNCC1. The lowest BCUT2D eigenvalue weighted by Gasteiger charge is -2.34. The lowest BCUT2D eigenvalue weighted by atomic mass is 9.94. The van der Waals surface area contributed by atoms with Crippen molar-refractivity contribution in [2.24, 2.45) is 0 Å². The maximum Gasteiger partial charge on any atom is 0.129 e. The molecule has 90 valence electrons. The van der Waals surface area contributed by atoms with Gasteiger partial charge in [-0.15, -0.1) is 0 Å². The molecule has 0 unspecified atom stereocenters. The number of H-pyrrole nitrogens is 1. The van der Waals surface area contributed by atoms with Crippen LogP contribution in [0.4, 0.5) is 0 Å². The molecule has 2 aromatic rings. The summed E-state index contributed by atoms with van der Waals surface area (Å²) < 4.78 is 6.25. The van der Waals surface area contributed by atoms with Crippen LogP contribution in [-0.2, 0) is 0 Å². The number of aromatic nitrogens is 1. The van der Waals surface area contributed by atoms with Gasteiger partial charge in [0.05, 0.1) is 0 Å². The molecule has 1 aliphatic heterocycles. The molecule has 0 aliphatic carbocycles. The van der Waals surface area contributed by atoms with E-state index in [-0.39, 0.29) is 5.60 Å². The Morgan fingerprint density at radius 1 is 1.18 bits per heavy atom. The summed E-state index contributed by atoms with van der Waals surface area (Å²) in [6, 6.07) is 8.25. The fourth-order valence-corrected chi connectivity index (χ4v) is 2.47. The normalized spacial score (nSPS) is 19.4. The van der Waals surface area contributed by atoms with E-state index in [0.717, 1.165) is 37.2 Å². The number of ether oxygens (including phenoxy) is 1. The molecular formula is C14H18N2O. The number of fused-ring (bicyclic) bond motifs is 1. The number of benzene rings is 1. The third-order valence-corrected chi connectivity index (χ3v) is 3.57. The first-order valence-electron chi connectivity index (χ1n) is 6.23. The van der Waals surface area contributed by atoms with E-state index in [1.165, 1.54) is 5.39 Å². The highest BCUT2D eigenvalue weighted by molar-refractivity contribution is 5.85. The van der Waals surface area contributed by atoms with Gasteiger partial charge >= 0.3 is 0 Å². The zero-order chi connectivity index (χ0) is 11.7. The summed E-state index contributed by atoms with van der Waals surface area (Å²) in [5.74, 6) is 0.994. The summed E-state index contributed by atoms with van der Waals surface area (Å²) in [6.07, 6.45) is 4.09. The minimum Gasteiger partial charge on any atom is -0.487 e. The number of hydrogen-bond acceptors (Lipinski definition) is 2. The van der Waals surface area contributed by atoms with Gasteiger partial charge in [0, 0.05) is 17.1 Å². The molecule has 0 bridgehead atoms. The molecule has 1 saturated heterocycles. The van der Waals surface area contributed by atoms with Crippen LogP contribution in [-0.4, -0.2) is 23.7 Å². The molecule has 0 amide bonds. The molecule has 0 atom stereocenters. The smallest absolute Gasteiger partial charge is 0.129 e. The average Bonchev–Trinajstić information content (AvgIpc) is 2.79. The number of nitrogens with one attached hydrogen (secondary N) is 2. The van der Waals surface area contributed by atoms with Crippen molar-refractivity contribution in [3.8, 4) is 5.75 Å². The summed E-state index contributed by atoms with van der Waals surface area (Å²) >= 11 is 0. The molecule has 0 spiro atoms. The molecule has 3 heteroatoms. The van der Waals surface area contributed by atoms with Crippen molar-refractivity contribution in [1.82, 2.24) is 10.3 Å². The van der Waals surface area contributed by atoms with Gasteiger partial charge in [-0.2, -0.15) is 0 Å².